The van der Waals surface area contributed by atoms with E-state index >= 15 is 0 Å². The van der Waals surface area contributed by atoms with E-state index in [9.17, 15) is 0 Å². The van der Waals surface area contributed by atoms with Crippen molar-refractivity contribution in [2.24, 2.45) is 5.92 Å². The maximum atomic E-state index is 6.30. The maximum absolute atomic E-state index is 6.30. The Kier molecular flexibility index (Phi) is 4.05. The highest BCUT2D eigenvalue weighted by Crippen LogP contribution is 2.34. The number of benzene rings is 2. The number of hydrogen-bond acceptors (Lipinski definition) is 3. The van der Waals surface area contributed by atoms with E-state index in [-0.39, 0.29) is 0 Å². The van der Waals surface area contributed by atoms with Gasteiger partial charge >= 0.3 is 0 Å². The zero-order valence-electron chi connectivity index (χ0n) is 15.9. The number of nitrogens with one attached hydrogen (secondary N) is 1. The van der Waals surface area contributed by atoms with Gasteiger partial charge in [-0.25, -0.2) is 0 Å². The summed E-state index contributed by atoms with van der Waals surface area (Å²) in [5, 5.41) is 4.79. The first kappa shape index (κ1) is 16.6. The molecule has 4 heterocycles. The van der Waals surface area contributed by atoms with E-state index in [1.54, 1.807) is 0 Å². The van der Waals surface area contributed by atoms with Crippen molar-refractivity contribution in [1.82, 2.24) is 10.2 Å². The first-order valence-corrected chi connectivity index (χ1v) is 9.95. The van der Waals surface area contributed by atoms with Crippen molar-refractivity contribution in [3.63, 3.8) is 0 Å². The van der Waals surface area contributed by atoms with Crippen LogP contribution in [0.5, 0.6) is 0 Å². The van der Waals surface area contributed by atoms with Crippen molar-refractivity contribution in [2.45, 2.75) is 25.8 Å². The van der Waals surface area contributed by atoms with Gasteiger partial charge in [-0.3, -0.25) is 0 Å². The van der Waals surface area contributed by atoms with Crippen molar-refractivity contribution in [3.8, 4) is 11.1 Å². The number of fused-ring (bicyclic) bond motifs is 4. The smallest absolute Gasteiger partial charge is 0.150 e. The van der Waals surface area contributed by atoms with Crippen LogP contribution in [0.2, 0.25) is 0 Å². The van der Waals surface area contributed by atoms with Crippen LogP contribution in [0.25, 0.3) is 27.8 Å². The van der Waals surface area contributed by atoms with Gasteiger partial charge in [-0.05, 0) is 50.4 Å². The average Bonchev–Trinajstić information content (AvgIpc) is 3.13. The molecule has 3 aromatic rings. The molecule has 3 fully saturated rings. The molecule has 3 heteroatoms. The molecule has 3 aliphatic rings. The third-order valence-corrected chi connectivity index (χ3v) is 6.19. The highest BCUT2D eigenvalue weighted by atomic mass is 16.3. The molecule has 0 radical (unpaired) electrons. The van der Waals surface area contributed by atoms with Gasteiger partial charge in [-0.15, -0.1) is 0 Å². The average molecular weight is 358 g/mol. The van der Waals surface area contributed by atoms with E-state index in [0.717, 1.165) is 40.5 Å². The second-order valence-corrected chi connectivity index (χ2v) is 8.07. The topological polar surface area (TPSA) is 28.4 Å². The number of furan rings is 1. The van der Waals surface area contributed by atoms with Gasteiger partial charge in [0.25, 0.3) is 0 Å². The standard InChI is InChI=1S/C24H26N2O/c1-16-5-3-6-19(13-16)21-8-4-7-20-14-23(27-24(20)21)17(2)25-22-15-26-11-9-18(22)10-12-26/h3-8,13-14,18,22,25H,2,9-12,15H2,1H3. The van der Waals surface area contributed by atoms with E-state index in [2.05, 4.69) is 72.3 Å². The van der Waals surface area contributed by atoms with Crippen molar-refractivity contribution >= 4 is 16.7 Å². The molecule has 0 amide bonds. The number of piperidine rings is 3. The zero-order valence-corrected chi connectivity index (χ0v) is 15.9. The Balaban J connectivity index is 1.44. The fourth-order valence-electron chi connectivity index (χ4n) is 4.68. The molecule has 1 aromatic heterocycles. The highest BCUT2D eigenvalue weighted by Gasteiger charge is 2.34. The molecule has 6 rings (SSSR count). The van der Waals surface area contributed by atoms with Crippen LogP contribution < -0.4 is 5.32 Å². The van der Waals surface area contributed by atoms with Gasteiger partial charge in [0.1, 0.15) is 5.58 Å². The quantitative estimate of drug-likeness (QED) is 0.706. The van der Waals surface area contributed by atoms with E-state index < -0.39 is 0 Å². The van der Waals surface area contributed by atoms with Crippen molar-refractivity contribution in [3.05, 3.63) is 66.4 Å². The summed E-state index contributed by atoms with van der Waals surface area (Å²) in [7, 11) is 0. The van der Waals surface area contributed by atoms with Gasteiger partial charge in [0.05, 0.1) is 5.70 Å². The number of hydrogen-bond donors (Lipinski definition) is 1. The minimum absolute atomic E-state index is 0.490. The lowest BCUT2D eigenvalue weighted by molar-refractivity contribution is 0.0799. The highest BCUT2D eigenvalue weighted by molar-refractivity contribution is 5.94. The van der Waals surface area contributed by atoms with Crippen molar-refractivity contribution in [1.29, 1.82) is 0 Å². The van der Waals surface area contributed by atoms with Crippen molar-refractivity contribution < 1.29 is 4.42 Å². The lowest BCUT2D eigenvalue weighted by Crippen LogP contribution is -2.55. The largest absolute Gasteiger partial charge is 0.454 e. The molecule has 2 bridgehead atoms. The second kappa shape index (κ2) is 6.58. The summed E-state index contributed by atoms with van der Waals surface area (Å²) in [5.41, 5.74) is 5.43. The summed E-state index contributed by atoms with van der Waals surface area (Å²) >= 11 is 0. The molecule has 27 heavy (non-hydrogen) atoms. The minimum atomic E-state index is 0.490. The van der Waals surface area contributed by atoms with E-state index in [4.69, 9.17) is 4.42 Å². The van der Waals surface area contributed by atoms with Crippen LogP contribution in [0, 0.1) is 12.8 Å². The third-order valence-electron chi connectivity index (χ3n) is 6.19. The van der Waals surface area contributed by atoms with Crippen LogP contribution in [0.1, 0.15) is 24.2 Å². The zero-order chi connectivity index (χ0) is 18.4. The third kappa shape index (κ3) is 3.06. The molecule has 1 unspecified atom stereocenters. The Hall–Kier alpha value is -2.52. The summed E-state index contributed by atoms with van der Waals surface area (Å²) in [6, 6.07) is 17.5. The van der Waals surface area contributed by atoms with Crippen LogP contribution in [-0.2, 0) is 0 Å². The molecule has 3 saturated heterocycles. The first-order valence-electron chi connectivity index (χ1n) is 9.95. The molecule has 2 aromatic carbocycles. The minimum Gasteiger partial charge on any atom is -0.454 e. The Labute approximate surface area is 160 Å². The van der Waals surface area contributed by atoms with E-state index in [1.165, 1.54) is 37.1 Å². The molecular weight excluding hydrogens is 332 g/mol. The molecule has 3 aliphatic heterocycles. The fraction of sp³-hybridized carbons (Fsp3) is 0.333. The summed E-state index contributed by atoms with van der Waals surface area (Å²) in [6.07, 6.45) is 2.59. The second-order valence-electron chi connectivity index (χ2n) is 8.07. The van der Waals surface area contributed by atoms with Crippen LogP contribution in [0.3, 0.4) is 0 Å². The number of aryl methyl sites for hydroxylation is 1. The Morgan fingerprint density at radius 3 is 2.67 bits per heavy atom. The monoisotopic (exact) mass is 358 g/mol. The molecule has 0 aliphatic carbocycles. The van der Waals surface area contributed by atoms with Gasteiger partial charge in [-0.2, -0.15) is 0 Å². The first-order chi connectivity index (χ1) is 13.2. The number of nitrogens with zero attached hydrogens (tertiary/aromatic N) is 1. The predicted molar refractivity (Wildman–Crippen MR) is 112 cm³/mol. The Morgan fingerprint density at radius 1 is 1.11 bits per heavy atom. The molecule has 0 spiro atoms. The summed E-state index contributed by atoms with van der Waals surface area (Å²) < 4.78 is 6.30. The normalized spacial score (nSPS) is 24.3. The lowest BCUT2D eigenvalue weighted by atomic mass is 9.84. The molecule has 0 saturated carbocycles. The van der Waals surface area contributed by atoms with Gasteiger partial charge in [0, 0.05) is 23.5 Å². The number of para-hydroxylation sites is 1. The van der Waals surface area contributed by atoms with Gasteiger partial charge < -0.3 is 14.6 Å². The number of rotatable bonds is 4. The summed E-state index contributed by atoms with van der Waals surface area (Å²) in [4.78, 5) is 2.55. The fourth-order valence-corrected chi connectivity index (χ4v) is 4.68. The summed E-state index contributed by atoms with van der Waals surface area (Å²) in [5.74, 6) is 1.61. The maximum Gasteiger partial charge on any atom is 0.150 e. The molecule has 1 N–H and O–H groups in total. The van der Waals surface area contributed by atoms with Gasteiger partial charge in [-0.1, -0.05) is 54.6 Å². The van der Waals surface area contributed by atoms with E-state index in [1.807, 2.05) is 0 Å². The molecular formula is C24H26N2O. The van der Waals surface area contributed by atoms with E-state index in [0.29, 0.717) is 6.04 Å². The van der Waals surface area contributed by atoms with Gasteiger partial charge in [0.15, 0.2) is 5.76 Å². The van der Waals surface area contributed by atoms with Crippen LogP contribution in [-0.4, -0.2) is 30.6 Å². The van der Waals surface area contributed by atoms with Crippen molar-refractivity contribution in [2.75, 3.05) is 19.6 Å². The Morgan fingerprint density at radius 2 is 1.93 bits per heavy atom. The Bertz CT molecular complexity index is 995. The SMILES string of the molecule is C=C(NC1CN2CCC1CC2)c1cc2cccc(-c3cccc(C)c3)c2o1. The molecule has 3 nitrogen and oxygen atoms in total. The van der Waals surface area contributed by atoms with Gasteiger partial charge in [0.2, 0.25) is 0 Å². The van der Waals surface area contributed by atoms with Crippen LogP contribution in [0.15, 0.2) is 59.5 Å². The summed E-state index contributed by atoms with van der Waals surface area (Å²) in [6.45, 7) is 10.0. The predicted octanol–water partition coefficient (Wildman–Crippen LogP) is 5.06. The lowest BCUT2D eigenvalue weighted by Gasteiger charge is -2.45. The van der Waals surface area contributed by atoms with Crippen LogP contribution >= 0.6 is 0 Å². The van der Waals surface area contributed by atoms with Crippen LogP contribution in [0.4, 0.5) is 0 Å². The molecule has 138 valence electrons. The molecule has 1 atom stereocenters.